The van der Waals surface area contributed by atoms with Crippen molar-refractivity contribution in [2.75, 3.05) is 13.1 Å². The minimum Gasteiger partial charge on any atom is -0.363 e. The third kappa shape index (κ3) is 5.89. The number of hydrogen-bond donors (Lipinski definition) is 0. The molecule has 0 aliphatic rings. The molecule has 0 saturated heterocycles. The highest BCUT2D eigenvalue weighted by atomic mass is 15.1. The zero-order valence-electron chi connectivity index (χ0n) is 8.39. The van der Waals surface area contributed by atoms with E-state index < -0.39 is 0 Å². The van der Waals surface area contributed by atoms with Crippen molar-refractivity contribution in [3.05, 3.63) is 0 Å². The van der Waals surface area contributed by atoms with Crippen molar-refractivity contribution >= 4 is 6.34 Å². The molecule has 0 unspecified atom stereocenters. The molecule has 66 valence electrons. The Bertz CT molecular complexity index is 118. The SMILES string of the molecule is CCN(C=NC(C)(C)C)CC. The molecule has 0 aromatic carbocycles. The van der Waals surface area contributed by atoms with E-state index in [1.54, 1.807) is 0 Å². The average Bonchev–Trinajstić information content (AvgIpc) is 1.88. The van der Waals surface area contributed by atoms with Gasteiger partial charge in [-0.25, -0.2) is 0 Å². The molecule has 0 amide bonds. The summed E-state index contributed by atoms with van der Waals surface area (Å²) in [5, 5.41) is 0. The van der Waals surface area contributed by atoms with E-state index in [0.717, 1.165) is 13.1 Å². The van der Waals surface area contributed by atoms with Gasteiger partial charge in [0, 0.05) is 13.1 Å². The molecule has 0 rings (SSSR count). The Kier molecular flexibility index (Phi) is 4.16. The van der Waals surface area contributed by atoms with E-state index in [2.05, 4.69) is 44.5 Å². The third-order valence-corrected chi connectivity index (χ3v) is 1.42. The lowest BCUT2D eigenvalue weighted by molar-refractivity contribution is 0.466. The molecule has 2 nitrogen and oxygen atoms in total. The predicted octanol–water partition coefficient (Wildman–Crippen LogP) is 2.16. The summed E-state index contributed by atoms with van der Waals surface area (Å²) in [6, 6.07) is 0. The number of hydrogen-bond acceptors (Lipinski definition) is 1. The molecule has 0 spiro atoms. The molecule has 0 N–H and O–H groups in total. The summed E-state index contributed by atoms with van der Waals surface area (Å²) in [6.45, 7) is 12.7. The molecule has 0 aromatic heterocycles. The van der Waals surface area contributed by atoms with Crippen molar-refractivity contribution in [1.29, 1.82) is 0 Å². The van der Waals surface area contributed by atoms with Crippen LogP contribution in [0.3, 0.4) is 0 Å². The first-order valence-electron chi connectivity index (χ1n) is 4.29. The van der Waals surface area contributed by atoms with Gasteiger partial charge in [-0.3, -0.25) is 4.99 Å². The monoisotopic (exact) mass is 156 g/mol. The Morgan fingerprint density at radius 1 is 1.18 bits per heavy atom. The van der Waals surface area contributed by atoms with Gasteiger partial charge in [0.2, 0.25) is 0 Å². The van der Waals surface area contributed by atoms with E-state index in [-0.39, 0.29) is 5.54 Å². The van der Waals surface area contributed by atoms with Gasteiger partial charge in [0.05, 0.1) is 11.9 Å². The largest absolute Gasteiger partial charge is 0.363 e. The summed E-state index contributed by atoms with van der Waals surface area (Å²) in [7, 11) is 0. The fraction of sp³-hybridized carbons (Fsp3) is 0.889. The topological polar surface area (TPSA) is 15.6 Å². The maximum absolute atomic E-state index is 4.40. The van der Waals surface area contributed by atoms with E-state index in [0.29, 0.717) is 0 Å². The lowest BCUT2D eigenvalue weighted by Gasteiger charge is -2.17. The van der Waals surface area contributed by atoms with Crippen molar-refractivity contribution in [3.63, 3.8) is 0 Å². The second-order valence-corrected chi connectivity index (χ2v) is 3.64. The second-order valence-electron chi connectivity index (χ2n) is 3.64. The second kappa shape index (κ2) is 4.37. The third-order valence-electron chi connectivity index (χ3n) is 1.42. The molecule has 0 saturated carbocycles. The Morgan fingerprint density at radius 2 is 1.64 bits per heavy atom. The summed E-state index contributed by atoms with van der Waals surface area (Å²) < 4.78 is 0. The zero-order chi connectivity index (χ0) is 8.91. The van der Waals surface area contributed by atoms with Gasteiger partial charge >= 0.3 is 0 Å². The van der Waals surface area contributed by atoms with Gasteiger partial charge in [-0.05, 0) is 34.6 Å². The number of nitrogens with zero attached hydrogens (tertiary/aromatic N) is 2. The van der Waals surface area contributed by atoms with Crippen LogP contribution in [0.4, 0.5) is 0 Å². The lowest BCUT2D eigenvalue weighted by atomic mass is 10.1. The van der Waals surface area contributed by atoms with Crippen LogP contribution in [0.15, 0.2) is 4.99 Å². The minimum atomic E-state index is 0.0581. The molecule has 2 heteroatoms. The predicted molar refractivity (Wildman–Crippen MR) is 51.2 cm³/mol. The summed E-state index contributed by atoms with van der Waals surface area (Å²) in [6.07, 6.45) is 1.94. The van der Waals surface area contributed by atoms with Gasteiger partial charge in [0.15, 0.2) is 0 Å². The number of rotatable bonds is 3. The zero-order valence-corrected chi connectivity index (χ0v) is 8.39. The van der Waals surface area contributed by atoms with Gasteiger partial charge in [0.25, 0.3) is 0 Å². The fourth-order valence-electron chi connectivity index (χ4n) is 0.642. The minimum absolute atomic E-state index is 0.0581. The van der Waals surface area contributed by atoms with Crippen molar-refractivity contribution in [1.82, 2.24) is 4.90 Å². The molecule has 0 bridgehead atoms. The van der Waals surface area contributed by atoms with Crippen LogP contribution >= 0.6 is 0 Å². The average molecular weight is 156 g/mol. The Morgan fingerprint density at radius 3 is 1.91 bits per heavy atom. The van der Waals surface area contributed by atoms with Crippen molar-refractivity contribution in [2.24, 2.45) is 4.99 Å². The van der Waals surface area contributed by atoms with Gasteiger partial charge in [-0.2, -0.15) is 0 Å². The molecular formula is C9H20N2. The highest BCUT2D eigenvalue weighted by molar-refractivity contribution is 5.55. The standard InChI is InChI=1S/C9H20N2/c1-6-11(7-2)8-10-9(3,4)5/h8H,6-7H2,1-5H3. The van der Waals surface area contributed by atoms with E-state index in [9.17, 15) is 0 Å². The summed E-state index contributed by atoms with van der Waals surface area (Å²) in [5.74, 6) is 0. The molecule has 0 aliphatic heterocycles. The Balaban J connectivity index is 3.89. The van der Waals surface area contributed by atoms with Crippen LogP contribution in [-0.2, 0) is 0 Å². The Labute approximate surface area is 70.3 Å². The van der Waals surface area contributed by atoms with Crippen LogP contribution < -0.4 is 0 Å². The van der Waals surface area contributed by atoms with Gasteiger partial charge in [-0.15, -0.1) is 0 Å². The lowest BCUT2D eigenvalue weighted by Crippen LogP contribution is -2.23. The number of aliphatic imine (C=N–C) groups is 1. The van der Waals surface area contributed by atoms with Crippen molar-refractivity contribution < 1.29 is 0 Å². The molecule has 11 heavy (non-hydrogen) atoms. The first-order chi connectivity index (χ1) is 4.99. The van der Waals surface area contributed by atoms with E-state index in [1.807, 2.05) is 6.34 Å². The fourth-order valence-corrected chi connectivity index (χ4v) is 0.642. The molecular weight excluding hydrogens is 136 g/mol. The summed E-state index contributed by atoms with van der Waals surface area (Å²) in [4.78, 5) is 6.59. The summed E-state index contributed by atoms with van der Waals surface area (Å²) >= 11 is 0. The van der Waals surface area contributed by atoms with Crippen LogP contribution in [0.5, 0.6) is 0 Å². The van der Waals surface area contributed by atoms with Crippen LogP contribution in [0.1, 0.15) is 34.6 Å². The highest BCUT2D eigenvalue weighted by Gasteiger charge is 2.05. The smallest absolute Gasteiger partial charge is 0.0856 e. The first kappa shape index (κ1) is 10.5. The summed E-state index contributed by atoms with van der Waals surface area (Å²) in [5.41, 5.74) is 0.0581. The van der Waals surface area contributed by atoms with E-state index in [4.69, 9.17) is 0 Å². The highest BCUT2D eigenvalue weighted by Crippen LogP contribution is 2.04. The van der Waals surface area contributed by atoms with Crippen LogP contribution in [0.2, 0.25) is 0 Å². The molecule has 0 aromatic rings. The molecule has 0 aliphatic carbocycles. The molecule has 0 atom stereocenters. The van der Waals surface area contributed by atoms with Crippen molar-refractivity contribution in [2.45, 2.75) is 40.2 Å². The van der Waals surface area contributed by atoms with Crippen molar-refractivity contribution in [3.8, 4) is 0 Å². The van der Waals surface area contributed by atoms with E-state index >= 15 is 0 Å². The van der Waals surface area contributed by atoms with Gasteiger partial charge in [0.1, 0.15) is 0 Å². The quantitative estimate of drug-likeness (QED) is 0.451. The molecule has 0 heterocycles. The van der Waals surface area contributed by atoms with Crippen LogP contribution in [0, 0.1) is 0 Å². The molecule has 0 fully saturated rings. The van der Waals surface area contributed by atoms with Crippen LogP contribution in [-0.4, -0.2) is 29.9 Å². The maximum atomic E-state index is 4.40. The van der Waals surface area contributed by atoms with E-state index in [1.165, 1.54) is 0 Å². The van der Waals surface area contributed by atoms with Gasteiger partial charge < -0.3 is 4.90 Å². The Hall–Kier alpha value is -0.530. The first-order valence-corrected chi connectivity index (χ1v) is 4.29. The normalized spacial score (nSPS) is 12.5. The molecule has 0 radical (unpaired) electrons. The van der Waals surface area contributed by atoms with Crippen LogP contribution in [0.25, 0.3) is 0 Å². The van der Waals surface area contributed by atoms with Gasteiger partial charge in [-0.1, -0.05) is 0 Å². The maximum Gasteiger partial charge on any atom is 0.0856 e.